The van der Waals surface area contributed by atoms with Crippen LogP contribution in [0.4, 0.5) is 0 Å². The second-order valence-corrected chi connectivity index (χ2v) is 5.07. The lowest BCUT2D eigenvalue weighted by Crippen LogP contribution is -2.27. The molecule has 0 radical (unpaired) electrons. The molecule has 0 aromatic carbocycles. The number of aromatic amines is 1. The van der Waals surface area contributed by atoms with Crippen molar-refractivity contribution in [2.45, 2.75) is 46.6 Å². The topological polar surface area (TPSA) is 75.6 Å². The highest BCUT2D eigenvalue weighted by atomic mass is 16.2. The predicted octanol–water partition coefficient (Wildman–Crippen LogP) is 1.86. The maximum absolute atomic E-state index is 12.2. The maximum atomic E-state index is 12.2. The zero-order chi connectivity index (χ0) is 15.2. The van der Waals surface area contributed by atoms with E-state index in [4.69, 9.17) is 0 Å². The van der Waals surface area contributed by atoms with E-state index in [0.29, 0.717) is 18.8 Å². The van der Waals surface area contributed by atoms with E-state index in [1.54, 1.807) is 4.68 Å². The molecule has 2 rings (SSSR count). The number of hydrogen-bond donors (Lipinski definition) is 2. The largest absolute Gasteiger partial charge is 0.351 e. The van der Waals surface area contributed by atoms with Gasteiger partial charge in [-0.05, 0) is 44.7 Å². The Morgan fingerprint density at radius 1 is 1.43 bits per heavy atom. The summed E-state index contributed by atoms with van der Waals surface area (Å²) in [5.74, 6) is -0.0482. The first-order valence-electron chi connectivity index (χ1n) is 7.49. The highest BCUT2D eigenvalue weighted by Gasteiger charge is 2.13. The van der Waals surface area contributed by atoms with E-state index in [2.05, 4.69) is 20.6 Å². The normalized spacial score (nSPS) is 10.8. The van der Waals surface area contributed by atoms with Crippen LogP contribution in [0.3, 0.4) is 0 Å². The third-order valence-corrected chi connectivity index (χ3v) is 3.57. The molecule has 0 bridgehead atoms. The van der Waals surface area contributed by atoms with E-state index in [1.807, 2.05) is 33.0 Å². The van der Waals surface area contributed by atoms with Crippen molar-refractivity contribution >= 4 is 5.91 Å². The molecule has 0 aliphatic rings. The summed E-state index contributed by atoms with van der Waals surface area (Å²) in [4.78, 5) is 12.2. The summed E-state index contributed by atoms with van der Waals surface area (Å²) >= 11 is 0. The summed E-state index contributed by atoms with van der Waals surface area (Å²) in [6.45, 7) is 7.39. The SMILES string of the molecule is CCc1cc(C(=O)NCCCc2cn[nH]c2C)n(CC)n1. The summed E-state index contributed by atoms with van der Waals surface area (Å²) in [5.41, 5.74) is 3.90. The molecule has 1 amide bonds. The Morgan fingerprint density at radius 2 is 2.24 bits per heavy atom. The number of hydrogen-bond acceptors (Lipinski definition) is 3. The van der Waals surface area contributed by atoms with Gasteiger partial charge in [0.15, 0.2) is 0 Å². The monoisotopic (exact) mass is 289 g/mol. The molecule has 6 nitrogen and oxygen atoms in total. The Labute approximate surface area is 124 Å². The second-order valence-electron chi connectivity index (χ2n) is 5.07. The zero-order valence-corrected chi connectivity index (χ0v) is 12.9. The molecular weight excluding hydrogens is 266 g/mol. The molecule has 21 heavy (non-hydrogen) atoms. The van der Waals surface area contributed by atoms with E-state index in [0.717, 1.165) is 30.7 Å². The summed E-state index contributed by atoms with van der Waals surface area (Å²) in [5, 5.41) is 14.3. The average Bonchev–Trinajstić information content (AvgIpc) is 3.09. The summed E-state index contributed by atoms with van der Waals surface area (Å²) < 4.78 is 1.76. The van der Waals surface area contributed by atoms with Crippen LogP contribution in [0.15, 0.2) is 12.3 Å². The highest BCUT2D eigenvalue weighted by molar-refractivity contribution is 5.92. The first-order chi connectivity index (χ1) is 10.2. The van der Waals surface area contributed by atoms with Gasteiger partial charge < -0.3 is 5.32 Å². The molecule has 6 heteroatoms. The van der Waals surface area contributed by atoms with Crippen LogP contribution in [0.1, 0.15) is 47.7 Å². The van der Waals surface area contributed by atoms with E-state index >= 15 is 0 Å². The lowest BCUT2D eigenvalue weighted by molar-refractivity contribution is 0.0942. The molecule has 2 heterocycles. The van der Waals surface area contributed by atoms with Gasteiger partial charge in [0.05, 0.1) is 11.9 Å². The number of H-pyrrole nitrogens is 1. The third-order valence-electron chi connectivity index (χ3n) is 3.57. The minimum absolute atomic E-state index is 0.0482. The van der Waals surface area contributed by atoms with Crippen LogP contribution in [0.25, 0.3) is 0 Å². The van der Waals surface area contributed by atoms with Crippen LogP contribution in [-0.2, 0) is 19.4 Å². The molecule has 2 aromatic heterocycles. The van der Waals surface area contributed by atoms with Gasteiger partial charge in [-0.2, -0.15) is 10.2 Å². The Bertz CT molecular complexity index is 599. The van der Waals surface area contributed by atoms with Crippen molar-refractivity contribution in [3.63, 3.8) is 0 Å². The maximum Gasteiger partial charge on any atom is 0.269 e. The van der Waals surface area contributed by atoms with Crippen molar-refractivity contribution in [2.75, 3.05) is 6.54 Å². The van der Waals surface area contributed by atoms with Crippen molar-refractivity contribution in [3.05, 3.63) is 34.9 Å². The first-order valence-corrected chi connectivity index (χ1v) is 7.49. The lowest BCUT2D eigenvalue weighted by atomic mass is 10.1. The number of carbonyl (C=O) groups is 1. The predicted molar refractivity (Wildman–Crippen MR) is 81.3 cm³/mol. The van der Waals surface area contributed by atoms with Gasteiger partial charge in [0, 0.05) is 18.8 Å². The number of nitrogens with zero attached hydrogens (tertiary/aromatic N) is 3. The molecule has 2 aromatic rings. The van der Waals surface area contributed by atoms with Crippen LogP contribution in [0.2, 0.25) is 0 Å². The Hall–Kier alpha value is -2.11. The van der Waals surface area contributed by atoms with Gasteiger partial charge in [-0.1, -0.05) is 6.92 Å². The molecule has 0 saturated carbocycles. The first kappa shape index (κ1) is 15.3. The fourth-order valence-corrected chi connectivity index (χ4v) is 2.27. The third kappa shape index (κ3) is 3.71. The van der Waals surface area contributed by atoms with E-state index in [9.17, 15) is 4.79 Å². The number of aromatic nitrogens is 4. The molecule has 0 spiro atoms. The number of nitrogens with one attached hydrogen (secondary N) is 2. The fraction of sp³-hybridized carbons (Fsp3) is 0.533. The standard InChI is InChI=1S/C15H23N5O/c1-4-13-9-14(20(5-2)19-13)15(21)16-8-6-7-12-10-17-18-11(12)3/h9-10H,4-8H2,1-3H3,(H,16,21)(H,17,18). The van der Waals surface area contributed by atoms with Crippen molar-refractivity contribution in [1.29, 1.82) is 0 Å². The Morgan fingerprint density at radius 3 is 2.86 bits per heavy atom. The van der Waals surface area contributed by atoms with Crippen LogP contribution >= 0.6 is 0 Å². The van der Waals surface area contributed by atoms with Crippen molar-refractivity contribution in [1.82, 2.24) is 25.3 Å². The van der Waals surface area contributed by atoms with Gasteiger partial charge in [-0.25, -0.2) is 0 Å². The van der Waals surface area contributed by atoms with Crippen molar-refractivity contribution < 1.29 is 4.79 Å². The van der Waals surface area contributed by atoms with E-state index in [1.165, 1.54) is 5.56 Å². The fourth-order valence-electron chi connectivity index (χ4n) is 2.27. The zero-order valence-electron chi connectivity index (χ0n) is 12.9. The van der Waals surface area contributed by atoms with Crippen LogP contribution < -0.4 is 5.32 Å². The smallest absolute Gasteiger partial charge is 0.269 e. The molecule has 0 unspecified atom stereocenters. The molecule has 0 saturated heterocycles. The number of amides is 1. The quantitative estimate of drug-likeness (QED) is 0.764. The van der Waals surface area contributed by atoms with E-state index < -0.39 is 0 Å². The average molecular weight is 289 g/mol. The number of carbonyl (C=O) groups excluding carboxylic acids is 1. The van der Waals surface area contributed by atoms with Crippen molar-refractivity contribution in [3.8, 4) is 0 Å². The van der Waals surface area contributed by atoms with Gasteiger partial charge in [0.2, 0.25) is 0 Å². The molecule has 2 N–H and O–H groups in total. The summed E-state index contributed by atoms with van der Waals surface area (Å²) in [6, 6.07) is 1.87. The number of rotatable bonds is 7. The Kier molecular flexibility index (Phi) is 5.14. The minimum Gasteiger partial charge on any atom is -0.351 e. The van der Waals surface area contributed by atoms with Gasteiger partial charge in [-0.3, -0.25) is 14.6 Å². The molecule has 114 valence electrons. The number of aryl methyl sites for hydroxylation is 4. The summed E-state index contributed by atoms with van der Waals surface area (Å²) in [6.07, 6.45) is 4.49. The van der Waals surface area contributed by atoms with Gasteiger partial charge in [0.25, 0.3) is 5.91 Å². The second kappa shape index (κ2) is 7.06. The molecule has 0 atom stereocenters. The summed E-state index contributed by atoms with van der Waals surface area (Å²) in [7, 11) is 0. The molecule has 0 fully saturated rings. The van der Waals surface area contributed by atoms with Crippen LogP contribution in [-0.4, -0.2) is 32.4 Å². The van der Waals surface area contributed by atoms with Gasteiger partial charge >= 0.3 is 0 Å². The molecule has 0 aliphatic carbocycles. The van der Waals surface area contributed by atoms with Gasteiger partial charge in [0.1, 0.15) is 5.69 Å². The molecular formula is C15H23N5O. The van der Waals surface area contributed by atoms with Crippen LogP contribution in [0.5, 0.6) is 0 Å². The highest BCUT2D eigenvalue weighted by Crippen LogP contribution is 2.07. The Balaban J connectivity index is 1.84. The van der Waals surface area contributed by atoms with E-state index in [-0.39, 0.29) is 5.91 Å². The minimum atomic E-state index is -0.0482. The van der Waals surface area contributed by atoms with Crippen molar-refractivity contribution in [2.24, 2.45) is 0 Å². The lowest BCUT2D eigenvalue weighted by Gasteiger charge is -2.06. The van der Waals surface area contributed by atoms with Gasteiger partial charge in [-0.15, -0.1) is 0 Å². The van der Waals surface area contributed by atoms with Crippen LogP contribution in [0, 0.1) is 6.92 Å². The molecule has 0 aliphatic heterocycles.